The molecule has 0 fully saturated rings. The molecule has 0 saturated heterocycles. The topological polar surface area (TPSA) is 38.8 Å². The molecule has 0 bridgehead atoms. The molecule has 1 unspecified atom stereocenters. The molecule has 4 nitrogen and oxygen atoms in total. The van der Waals surface area contributed by atoms with Gasteiger partial charge in [-0.05, 0) is 49.2 Å². The minimum absolute atomic E-state index is 0.442. The number of hydrogen-bond acceptors (Lipinski definition) is 4. The number of benzene rings is 3. The number of hydrogen-bond donors (Lipinski definition) is 0. The molecule has 3 aromatic rings. The van der Waals surface area contributed by atoms with E-state index in [1.807, 2.05) is 97.6 Å². The standard InChI is InChI=1S/C23H23NO3/c1-3-24(21-14-8-5-9-15-21)18(2)26-23(25)27-22-16-10-13-20(17-22)19-11-6-4-7-12-19/h4-18H,3H2,1-2H3. The van der Waals surface area contributed by atoms with E-state index in [0.29, 0.717) is 12.3 Å². The molecule has 1 atom stereocenters. The number of nitrogens with zero attached hydrogens (tertiary/aromatic N) is 1. The van der Waals surface area contributed by atoms with Crippen molar-refractivity contribution in [2.45, 2.75) is 20.1 Å². The molecule has 0 radical (unpaired) electrons. The van der Waals surface area contributed by atoms with E-state index in [-0.39, 0.29) is 0 Å². The fourth-order valence-corrected chi connectivity index (χ4v) is 2.96. The first-order valence-corrected chi connectivity index (χ1v) is 9.03. The number of carbonyl (C=O) groups is 1. The minimum atomic E-state index is -0.720. The molecular formula is C23H23NO3. The van der Waals surface area contributed by atoms with Crippen molar-refractivity contribution in [1.29, 1.82) is 0 Å². The zero-order chi connectivity index (χ0) is 19.1. The van der Waals surface area contributed by atoms with E-state index in [4.69, 9.17) is 9.47 Å². The molecule has 4 heteroatoms. The lowest BCUT2D eigenvalue weighted by Gasteiger charge is -2.29. The average Bonchev–Trinajstić information content (AvgIpc) is 2.70. The number of carbonyl (C=O) groups excluding carboxylic acids is 1. The monoisotopic (exact) mass is 361 g/mol. The van der Waals surface area contributed by atoms with Gasteiger partial charge in [0.2, 0.25) is 0 Å². The van der Waals surface area contributed by atoms with Gasteiger partial charge in [-0.15, -0.1) is 0 Å². The molecule has 3 aromatic carbocycles. The normalized spacial score (nSPS) is 11.5. The van der Waals surface area contributed by atoms with E-state index < -0.39 is 12.4 Å². The highest BCUT2D eigenvalue weighted by molar-refractivity contribution is 5.68. The van der Waals surface area contributed by atoms with Crippen LogP contribution in [0.1, 0.15) is 13.8 Å². The van der Waals surface area contributed by atoms with Gasteiger partial charge in [0.15, 0.2) is 6.23 Å². The molecule has 0 aliphatic carbocycles. The van der Waals surface area contributed by atoms with Crippen LogP contribution in [0.25, 0.3) is 11.1 Å². The number of ether oxygens (including phenoxy) is 2. The van der Waals surface area contributed by atoms with Crippen LogP contribution >= 0.6 is 0 Å². The first kappa shape index (κ1) is 18.5. The Hall–Kier alpha value is -3.27. The molecule has 0 aromatic heterocycles. The van der Waals surface area contributed by atoms with Crippen LogP contribution in [-0.2, 0) is 4.74 Å². The molecule has 0 saturated carbocycles. The maximum Gasteiger partial charge on any atom is 0.515 e. The zero-order valence-electron chi connectivity index (χ0n) is 15.5. The fraction of sp³-hybridized carbons (Fsp3) is 0.174. The van der Waals surface area contributed by atoms with Gasteiger partial charge < -0.3 is 14.4 Å². The van der Waals surface area contributed by atoms with Crippen LogP contribution in [0.15, 0.2) is 84.9 Å². The smallest absolute Gasteiger partial charge is 0.410 e. The second-order valence-corrected chi connectivity index (χ2v) is 6.08. The van der Waals surface area contributed by atoms with Crippen molar-refractivity contribution < 1.29 is 14.3 Å². The molecular weight excluding hydrogens is 338 g/mol. The highest BCUT2D eigenvalue weighted by Gasteiger charge is 2.18. The summed E-state index contributed by atoms with van der Waals surface area (Å²) < 4.78 is 10.9. The lowest BCUT2D eigenvalue weighted by molar-refractivity contribution is 0.0646. The number of rotatable bonds is 6. The molecule has 0 aliphatic heterocycles. The maximum absolute atomic E-state index is 12.3. The van der Waals surface area contributed by atoms with Crippen molar-refractivity contribution >= 4 is 11.8 Å². The van der Waals surface area contributed by atoms with Crippen molar-refractivity contribution in [3.05, 3.63) is 84.9 Å². The van der Waals surface area contributed by atoms with Gasteiger partial charge in [0.25, 0.3) is 0 Å². The lowest BCUT2D eigenvalue weighted by Crippen LogP contribution is -2.37. The lowest BCUT2D eigenvalue weighted by atomic mass is 10.1. The number of para-hydroxylation sites is 1. The predicted molar refractivity (Wildman–Crippen MR) is 108 cm³/mol. The Bertz CT molecular complexity index is 865. The van der Waals surface area contributed by atoms with E-state index in [1.54, 1.807) is 6.07 Å². The summed E-state index contributed by atoms with van der Waals surface area (Å²) in [7, 11) is 0. The summed E-state index contributed by atoms with van der Waals surface area (Å²) in [5, 5.41) is 0. The van der Waals surface area contributed by atoms with Crippen molar-refractivity contribution in [2.24, 2.45) is 0 Å². The average molecular weight is 361 g/mol. The van der Waals surface area contributed by atoms with Crippen LogP contribution in [-0.4, -0.2) is 18.9 Å². The van der Waals surface area contributed by atoms with Gasteiger partial charge >= 0.3 is 6.16 Å². The SMILES string of the molecule is CCN(c1ccccc1)C(C)OC(=O)Oc1cccc(-c2ccccc2)c1. The summed E-state index contributed by atoms with van der Waals surface area (Å²) in [5.74, 6) is 0.455. The first-order valence-electron chi connectivity index (χ1n) is 9.03. The molecule has 0 aliphatic rings. The van der Waals surface area contributed by atoms with Crippen molar-refractivity contribution in [3.63, 3.8) is 0 Å². The van der Waals surface area contributed by atoms with Gasteiger partial charge in [-0.25, -0.2) is 4.79 Å². The summed E-state index contributed by atoms with van der Waals surface area (Å²) in [6.45, 7) is 4.56. The molecule has 0 heterocycles. The third-order valence-electron chi connectivity index (χ3n) is 4.28. The van der Waals surface area contributed by atoms with Crippen LogP contribution in [0.4, 0.5) is 10.5 Å². The maximum atomic E-state index is 12.3. The number of anilines is 1. The first-order chi connectivity index (χ1) is 13.2. The Morgan fingerprint density at radius 1 is 0.889 bits per heavy atom. The second-order valence-electron chi connectivity index (χ2n) is 6.08. The minimum Gasteiger partial charge on any atom is -0.410 e. The van der Waals surface area contributed by atoms with Gasteiger partial charge in [0.1, 0.15) is 5.75 Å². The van der Waals surface area contributed by atoms with Gasteiger partial charge in [-0.3, -0.25) is 0 Å². The highest BCUT2D eigenvalue weighted by atomic mass is 16.7. The molecule has 27 heavy (non-hydrogen) atoms. The van der Waals surface area contributed by atoms with Gasteiger partial charge in [-0.2, -0.15) is 0 Å². The van der Waals surface area contributed by atoms with Crippen molar-refractivity contribution in [3.8, 4) is 16.9 Å². The third kappa shape index (κ3) is 4.88. The summed E-state index contributed by atoms with van der Waals surface area (Å²) in [6.07, 6.45) is -1.16. The van der Waals surface area contributed by atoms with Crippen LogP contribution in [0.5, 0.6) is 5.75 Å². The Labute approximate surface area is 160 Å². The molecule has 0 N–H and O–H groups in total. The summed E-state index contributed by atoms with van der Waals surface area (Å²) in [6, 6.07) is 27.2. The van der Waals surface area contributed by atoms with Gasteiger partial charge in [0, 0.05) is 12.2 Å². The van der Waals surface area contributed by atoms with Crippen molar-refractivity contribution in [2.75, 3.05) is 11.4 Å². The fourth-order valence-electron chi connectivity index (χ4n) is 2.96. The Balaban J connectivity index is 1.65. The zero-order valence-corrected chi connectivity index (χ0v) is 15.5. The van der Waals surface area contributed by atoms with E-state index in [0.717, 1.165) is 16.8 Å². The predicted octanol–water partition coefficient (Wildman–Crippen LogP) is 5.74. The van der Waals surface area contributed by atoms with Crippen LogP contribution in [0.3, 0.4) is 0 Å². The summed E-state index contributed by atoms with van der Waals surface area (Å²) in [5.41, 5.74) is 3.03. The summed E-state index contributed by atoms with van der Waals surface area (Å²) >= 11 is 0. The highest BCUT2D eigenvalue weighted by Crippen LogP contribution is 2.24. The van der Waals surface area contributed by atoms with E-state index in [2.05, 4.69) is 0 Å². The third-order valence-corrected chi connectivity index (χ3v) is 4.28. The largest absolute Gasteiger partial charge is 0.515 e. The second kappa shape index (κ2) is 8.90. The Kier molecular flexibility index (Phi) is 6.10. The molecule has 0 spiro atoms. The van der Waals surface area contributed by atoms with E-state index in [9.17, 15) is 4.79 Å². The van der Waals surface area contributed by atoms with Gasteiger partial charge in [-0.1, -0.05) is 60.7 Å². The quantitative estimate of drug-likeness (QED) is 0.319. The molecule has 3 rings (SSSR count). The van der Waals surface area contributed by atoms with E-state index >= 15 is 0 Å². The Morgan fingerprint density at radius 3 is 2.19 bits per heavy atom. The summed E-state index contributed by atoms with van der Waals surface area (Å²) in [4.78, 5) is 14.2. The van der Waals surface area contributed by atoms with Crippen LogP contribution in [0.2, 0.25) is 0 Å². The molecule has 0 amide bonds. The van der Waals surface area contributed by atoms with E-state index in [1.165, 1.54) is 0 Å². The van der Waals surface area contributed by atoms with Gasteiger partial charge in [0.05, 0.1) is 0 Å². The Morgan fingerprint density at radius 2 is 1.52 bits per heavy atom. The van der Waals surface area contributed by atoms with Crippen LogP contribution in [0, 0.1) is 0 Å². The van der Waals surface area contributed by atoms with Crippen molar-refractivity contribution in [1.82, 2.24) is 0 Å². The molecule has 138 valence electrons. The van der Waals surface area contributed by atoms with Crippen LogP contribution < -0.4 is 9.64 Å².